The summed E-state index contributed by atoms with van der Waals surface area (Å²) in [6.45, 7) is 0. The number of thioether (sulfide) groups is 2. The maximum atomic E-state index is 14.8. The molecule has 0 radical (unpaired) electrons. The minimum absolute atomic E-state index is 0.275. The molecule has 0 heterocycles. The Morgan fingerprint density at radius 3 is 2.04 bits per heavy atom. The van der Waals surface area contributed by atoms with E-state index in [1.165, 1.54) is 41.1 Å². The predicted molar refractivity (Wildman–Crippen MR) is 107 cm³/mol. The molecule has 0 spiro atoms. The summed E-state index contributed by atoms with van der Waals surface area (Å²) in [5.74, 6) is -0.748. The molecule has 0 aliphatic carbocycles. The Bertz CT molecular complexity index is 892. The van der Waals surface area contributed by atoms with E-state index in [1.54, 1.807) is 12.1 Å². The van der Waals surface area contributed by atoms with Crippen LogP contribution in [0.4, 0.5) is 14.5 Å². The van der Waals surface area contributed by atoms with Crippen LogP contribution < -0.4 is 0 Å². The van der Waals surface area contributed by atoms with Gasteiger partial charge in [0.15, 0.2) is 5.83 Å². The first kappa shape index (κ1) is 18.4. The van der Waals surface area contributed by atoms with E-state index >= 15 is 0 Å². The second-order valence-electron chi connectivity index (χ2n) is 5.21. The number of hydrogen-bond donors (Lipinski definition) is 0. The number of benzene rings is 3. The molecular formula is C21H15F2NS2. The molecule has 26 heavy (non-hydrogen) atoms. The molecule has 0 bridgehead atoms. The van der Waals surface area contributed by atoms with Crippen LogP contribution in [0.3, 0.4) is 0 Å². The molecule has 0 fully saturated rings. The molecule has 0 aromatic heterocycles. The van der Waals surface area contributed by atoms with Crippen LogP contribution in [0.2, 0.25) is 0 Å². The number of hydrogen-bond acceptors (Lipinski definition) is 3. The van der Waals surface area contributed by atoms with Gasteiger partial charge in [-0.3, -0.25) is 0 Å². The molecule has 5 heteroatoms. The first-order chi connectivity index (χ1) is 12.7. The third-order valence-corrected chi connectivity index (χ3v) is 5.12. The van der Waals surface area contributed by atoms with Crippen LogP contribution in [-0.4, -0.2) is 5.04 Å². The van der Waals surface area contributed by atoms with Gasteiger partial charge in [-0.05, 0) is 48.5 Å². The molecule has 0 unspecified atom stereocenters. The summed E-state index contributed by atoms with van der Waals surface area (Å²) in [6.07, 6.45) is 0. The molecule has 130 valence electrons. The number of para-hydroxylation sites is 1. The molecule has 0 N–H and O–H groups in total. The lowest BCUT2D eigenvalue weighted by molar-refractivity contribution is 0.626. The van der Waals surface area contributed by atoms with Gasteiger partial charge in [0.2, 0.25) is 0 Å². The molecule has 0 atom stereocenters. The van der Waals surface area contributed by atoms with E-state index in [0.717, 1.165) is 9.79 Å². The van der Waals surface area contributed by atoms with Crippen molar-refractivity contribution >= 4 is 34.3 Å². The third-order valence-electron chi connectivity index (χ3n) is 3.26. The fraction of sp³-hybridized carbons (Fsp3) is 0. The van der Waals surface area contributed by atoms with E-state index < -0.39 is 5.83 Å². The van der Waals surface area contributed by atoms with E-state index in [-0.39, 0.29) is 10.9 Å². The molecule has 3 rings (SSSR count). The van der Waals surface area contributed by atoms with E-state index in [1.807, 2.05) is 60.7 Å². The summed E-state index contributed by atoms with van der Waals surface area (Å²) in [6, 6.07) is 24.7. The van der Waals surface area contributed by atoms with Gasteiger partial charge in [0.1, 0.15) is 10.9 Å². The average Bonchev–Trinajstić information content (AvgIpc) is 2.68. The monoisotopic (exact) mass is 383 g/mol. The second-order valence-corrected chi connectivity index (χ2v) is 7.21. The Hall–Kier alpha value is -2.37. The average molecular weight is 383 g/mol. The van der Waals surface area contributed by atoms with E-state index in [2.05, 4.69) is 4.99 Å². The van der Waals surface area contributed by atoms with Crippen LogP contribution in [0.15, 0.2) is 111 Å². The minimum Gasteiger partial charge on any atom is -0.239 e. The van der Waals surface area contributed by atoms with Gasteiger partial charge in [0.05, 0.1) is 5.69 Å². The highest BCUT2D eigenvalue weighted by Gasteiger charge is 2.10. The van der Waals surface area contributed by atoms with Gasteiger partial charge in [0, 0.05) is 15.2 Å². The largest absolute Gasteiger partial charge is 0.239 e. The summed E-state index contributed by atoms with van der Waals surface area (Å²) in [7, 11) is 0. The molecule has 0 amide bonds. The van der Waals surface area contributed by atoms with Crippen molar-refractivity contribution in [3.8, 4) is 0 Å². The first-order valence-corrected chi connectivity index (χ1v) is 9.55. The molecule has 0 saturated heterocycles. The standard InChI is InChI=1S/C21H15F2NS2/c22-16-11-13-18(14-12-16)25-15-20(23)21(24-17-7-3-1-4-8-17)26-19-9-5-2-6-10-19/h1-15H. The quantitative estimate of drug-likeness (QED) is 0.261. The first-order valence-electron chi connectivity index (χ1n) is 7.85. The van der Waals surface area contributed by atoms with Crippen molar-refractivity contribution in [2.24, 2.45) is 4.99 Å². The fourth-order valence-corrected chi connectivity index (χ4v) is 3.57. The second kappa shape index (κ2) is 9.36. The number of nitrogens with zero attached hydrogens (tertiary/aromatic N) is 1. The topological polar surface area (TPSA) is 12.4 Å². The lowest BCUT2D eigenvalue weighted by Crippen LogP contribution is -1.93. The van der Waals surface area contributed by atoms with Gasteiger partial charge in [0.25, 0.3) is 0 Å². The van der Waals surface area contributed by atoms with Crippen molar-refractivity contribution in [3.63, 3.8) is 0 Å². The van der Waals surface area contributed by atoms with Crippen molar-refractivity contribution in [3.05, 3.63) is 102 Å². The summed E-state index contributed by atoms with van der Waals surface area (Å²) in [5, 5.41) is 1.67. The molecule has 3 aromatic rings. The minimum atomic E-state index is -0.433. The fourth-order valence-electron chi connectivity index (χ4n) is 2.03. The van der Waals surface area contributed by atoms with Crippen molar-refractivity contribution in [1.29, 1.82) is 0 Å². The van der Waals surface area contributed by atoms with Crippen LogP contribution in [0.1, 0.15) is 0 Å². The lowest BCUT2D eigenvalue weighted by Gasteiger charge is -2.05. The SMILES string of the molecule is FC(=CSc1ccc(F)cc1)C(=Nc1ccccc1)Sc1ccccc1. The van der Waals surface area contributed by atoms with Gasteiger partial charge in [-0.1, -0.05) is 59.9 Å². The van der Waals surface area contributed by atoms with Gasteiger partial charge < -0.3 is 0 Å². The third kappa shape index (κ3) is 5.58. The zero-order valence-electron chi connectivity index (χ0n) is 13.7. The van der Waals surface area contributed by atoms with Crippen molar-refractivity contribution in [2.45, 2.75) is 9.79 Å². The summed E-state index contributed by atoms with van der Waals surface area (Å²) < 4.78 is 27.8. The molecule has 1 nitrogen and oxygen atoms in total. The predicted octanol–water partition coefficient (Wildman–Crippen LogP) is 7.25. The maximum absolute atomic E-state index is 14.8. The van der Waals surface area contributed by atoms with Crippen molar-refractivity contribution in [1.82, 2.24) is 0 Å². The van der Waals surface area contributed by atoms with Crippen LogP contribution >= 0.6 is 23.5 Å². The van der Waals surface area contributed by atoms with Crippen LogP contribution in [-0.2, 0) is 0 Å². The Morgan fingerprint density at radius 1 is 0.769 bits per heavy atom. The smallest absolute Gasteiger partial charge is 0.162 e. The number of aliphatic imine (C=N–C) groups is 1. The van der Waals surface area contributed by atoms with Gasteiger partial charge in [-0.25, -0.2) is 13.8 Å². The Morgan fingerprint density at radius 2 is 1.38 bits per heavy atom. The summed E-state index contributed by atoms with van der Waals surface area (Å²) >= 11 is 2.45. The summed E-state index contributed by atoms with van der Waals surface area (Å²) in [4.78, 5) is 6.10. The summed E-state index contributed by atoms with van der Waals surface area (Å²) in [5.41, 5.74) is 0.682. The zero-order valence-corrected chi connectivity index (χ0v) is 15.3. The van der Waals surface area contributed by atoms with Gasteiger partial charge in [-0.15, -0.1) is 0 Å². The highest BCUT2D eigenvalue weighted by molar-refractivity contribution is 8.14. The molecule has 0 aliphatic heterocycles. The van der Waals surface area contributed by atoms with Crippen LogP contribution in [0.25, 0.3) is 0 Å². The van der Waals surface area contributed by atoms with E-state index in [4.69, 9.17) is 0 Å². The Labute approximate surface area is 159 Å². The Balaban J connectivity index is 1.85. The highest BCUT2D eigenvalue weighted by Crippen LogP contribution is 2.29. The lowest BCUT2D eigenvalue weighted by atomic mass is 10.3. The zero-order chi connectivity index (χ0) is 18.2. The molecule has 3 aromatic carbocycles. The Kier molecular flexibility index (Phi) is 6.63. The van der Waals surface area contributed by atoms with Gasteiger partial charge in [-0.2, -0.15) is 0 Å². The molecular weight excluding hydrogens is 368 g/mol. The number of rotatable bonds is 5. The highest BCUT2D eigenvalue weighted by atomic mass is 32.2. The molecule has 0 aliphatic rings. The van der Waals surface area contributed by atoms with Crippen molar-refractivity contribution < 1.29 is 8.78 Å². The van der Waals surface area contributed by atoms with Crippen LogP contribution in [0, 0.1) is 5.82 Å². The normalized spacial score (nSPS) is 12.2. The van der Waals surface area contributed by atoms with E-state index in [0.29, 0.717) is 5.69 Å². The van der Waals surface area contributed by atoms with Crippen LogP contribution in [0.5, 0.6) is 0 Å². The maximum Gasteiger partial charge on any atom is 0.162 e. The molecule has 0 saturated carbocycles. The van der Waals surface area contributed by atoms with Crippen molar-refractivity contribution in [2.75, 3.05) is 0 Å². The number of halogens is 2. The van der Waals surface area contributed by atoms with E-state index in [9.17, 15) is 8.78 Å². The van der Waals surface area contributed by atoms with Gasteiger partial charge >= 0.3 is 0 Å².